The van der Waals surface area contributed by atoms with Crippen LogP contribution in [0.3, 0.4) is 0 Å². The van der Waals surface area contributed by atoms with Crippen molar-refractivity contribution < 1.29 is 4.42 Å². The first-order valence-electron chi connectivity index (χ1n) is 14.3. The van der Waals surface area contributed by atoms with Gasteiger partial charge in [0.05, 0.1) is 5.69 Å². The first-order valence-corrected chi connectivity index (χ1v) is 14.3. The summed E-state index contributed by atoms with van der Waals surface area (Å²) in [6, 6.07) is 58.1. The summed E-state index contributed by atoms with van der Waals surface area (Å²) in [6.45, 7) is 0. The lowest BCUT2D eigenvalue weighted by molar-refractivity contribution is 0.669. The van der Waals surface area contributed by atoms with E-state index in [2.05, 4.69) is 157 Å². The minimum absolute atomic E-state index is 0.916. The Kier molecular flexibility index (Phi) is 5.82. The predicted octanol–water partition coefficient (Wildman–Crippen LogP) is 11.5. The van der Waals surface area contributed by atoms with E-state index < -0.39 is 0 Å². The molecule has 0 bridgehead atoms. The molecule has 7 aromatic carbocycles. The molecule has 2 nitrogen and oxygen atoms in total. The molecular formula is C40H27NO. The van der Waals surface area contributed by atoms with Crippen LogP contribution < -0.4 is 4.90 Å². The van der Waals surface area contributed by atoms with Crippen molar-refractivity contribution in [1.29, 1.82) is 0 Å². The summed E-state index contributed by atoms with van der Waals surface area (Å²) in [4.78, 5) is 2.37. The van der Waals surface area contributed by atoms with Gasteiger partial charge in [-0.25, -0.2) is 0 Å². The Morgan fingerprint density at radius 1 is 0.381 bits per heavy atom. The van der Waals surface area contributed by atoms with Crippen LogP contribution in [0.2, 0.25) is 0 Å². The van der Waals surface area contributed by atoms with Gasteiger partial charge in [-0.15, -0.1) is 0 Å². The lowest BCUT2D eigenvalue weighted by Gasteiger charge is -2.28. The third-order valence-corrected chi connectivity index (χ3v) is 8.04. The highest BCUT2D eigenvalue weighted by Gasteiger charge is 2.18. The standard InChI is InChI=1S/C40H27NO/c1-3-11-28(12-4-1)29-19-22-33(23-20-29)41(38-17-9-7-15-35(38)30-13-5-2-6-14-30)34-24-21-31-27-40-37(26-32(31)25-34)36-16-8-10-18-39(36)42-40/h1-27H. The molecule has 1 aromatic heterocycles. The van der Waals surface area contributed by atoms with Crippen LogP contribution in [-0.2, 0) is 0 Å². The molecule has 8 aromatic rings. The van der Waals surface area contributed by atoms with Gasteiger partial charge in [0.2, 0.25) is 0 Å². The number of hydrogen-bond acceptors (Lipinski definition) is 2. The number of nitrogens with zero attached hydrogens (tertiary/aromatic N) is 1. The summed E-state index contributed by atoms with van der Waals surface area (Å²) < 4.78 is 6.18. The van der Waals surface area contributed by atoms with E-state index in [0.29, 0.717) is 0 Å². The van der Waals surface area contributed by atoms with Crippen LogP contribution in [0, 0.1) is 0 Å². The van der Waals surface area contributed by atoms with E-state index in [-0.39, 0.29) is 0 Å². The monoisotopic (exact) mass is 537 g/mol. The van der Waals surface area contributed by atoms with Gasteiger partial charge < -0.3 is 9.32 Å². The van der Waals surface area contributed by atoms with Crippen LogP contribution in [0.1, 0.15) is 0 Å². The Morgan fingerprint density at radius 2 is 1.02 bits per heavy atom. The number of anilines is 3. The maximum atomic E-state index is 6.18. The summed E-state index contributed by atoms with van der Waals surface area (Å²) in [5.41, 5.74) is 9.95. The molecule has 0 spiro atoms. The summed E-state index contributed by atoms with van der Waals surface area (Å²) >= 11 is 0. The molecule has 0 aliphatic heterocycles. The predicted molar refractivity (Wildman–Crippen MR) is 177 cm³/mol. The zero-order valence-corrected chi connectivity index (χ0v) is 22.9. The van der Waals surface area contributed by atoms with Crippen molar-refractivity contribution in [2.75, 3.05) is 4.90 Å². The van der Waals surface area contributed by atoms with E-state index in [4.69, 9.17) is 4.42 Å². The van der Waals surface area contributed by atoms with Crippen molar-refractivity contribution in [2.24, 2.45) is 0 Å². The van der Waals surface area contributed by atoms with E-state index in [1.54, 1.807) is 0 Å². The molecule has 198 valence electrons. The van der Waals surface area contributed by atoms with Crippen LogP contribution in [0.25, 0.3) is 55.0 Å². The summed E-state index contributed by atoms with van der Waals surface area (Å²) in [5.74, 6) is 0. The van der Waals surface area contributed by atoms with Crippen LogP contribution in [-0.4, -0.2) is 0 Å². The molecule has 8 rings (SSSR count). The number of rotatable bonds is 5. The molecule has 0 radical (unpaired) electrons. The minimum atomic E-state index is 0.916. The Hall–Kier alpha value is -5.60. The van der Waals surface area contributed by atoms with Crippen LogP contribution in [0.5, 0.6) is 0 Å². The second-order valence-electron chi connectivity index (χ2n) is 10.6. The minimum Gasteiger partial charge on any atom is -0.456 e. The maximum Gasteiger partial charge on any atom is 0.136 e. The summed E-state index contributed by atoms with van der Waals surface area (Å²) in [6.07, 6.45) is 0. The SMILES string of the molecule is c1ccc(-c2ccc(N(c3ccc4cc5oc6ccccc6c5cc4c3)c3ccccc3-c3ccccc3)cc2)cc1. The average molecular weight is 538 g/mol. The molecule has 0 saturated carbocycles. The highest BCUT2D eigenvalue weighted by atomic mass is 16.3. The Morgan fingerprint density at radius 3 is 1.83 bits per heavy atom. The highest BCUT2D eigenvalue weighted by Crippen LogP contribution is 2.42. The smallest absolute Gasteiger partial charge is 0.136 e. The molecule has 0 aliphatic carbocycles. The number of fused-ring (bicyclic) bond motifs is 4. The van der Waals surface area contributed by atoms with E-state index in [1.165, 1.54) is 27.6 Å². The number of hydrogen-bond donors (Lipinski definition) is 0. The second-order valence-corrected chi connectivity index (χ2v) is 10.6. The van der Waals surface area contributed by atoms with Crippen molar-refractivity contribution in [1.82, 2.24) is 0 Å². The Labute approximate surface area is 244 Å². The van der Waals surface area contributed by atoms with E-state index in [0.717, 1.165) is 44.4 Å². The van der Waals surface area contributed by atoms with Gasteiger partial charge in [-0.3, -0.25) is 0 Å². The fourth-order valence-electron chi connectivity index (χ4n) is 5.99. The van der Waals surface area contributed by atoms with Gasteiger partial charge in [-0.05, 0) is 76.0 Å². The van der Waals surface area contributed by atoms with Gasteiger partial charge in [0.15, 0.2) is 0 Å². The molecule has 2 heteroatoms. The van der Waals surface area contributed by atoms with Crippen LogP contribution in [0.4, 0.5) is 17.1 Å². The first kappa shape index (κ1) is 24.2. The normalized spacial score (nSPS) is 11.3. The topological polar surface area (TPSA) is 16.4 Å². The Balaban J connectivity index is 1.32. The summed E-state index contributed by atoms with van der Waals surface area (Å²) in [7, 11) is 0. The maximum absolute atomic E-state index is 6.18. The van der Waals surface area contributed by atoms with Crippen LogP contribution in [0.15, 0.2) is 168 Å². The zero-order valence-electron chi connectivity index (χ0n) is 22.9. The molecule has 0 aliphatic rings. The lowest BCUT2D eigenvalue weighted by Crippen LogP contribution is -2.11. The molecule has 1 heterocycles. The van der Waals surface area contributed by atoms with E-state index in [1.807, 2.05) is 12.1 Å². The third kappa shape index (κ3) is 4.22. The van der Waals surface area contributed by atoms with Gasteiger partial charge in [-0.1, -0.05) is 115 Å². The Bertz CT molecular complexity index is 2180. The molecule has 0 amide bonds. The molecule has 42 heavy (non-hydrogen) atoms. The number of furan rings is 1. The number of benzene rings is 7. The summed E-state index contributed by atoms with van der Waals surface area (Å²) in [5, 5.41) is 4.61. The van der Waals surface area contributed by atoms with Crippen molar-refractivity contribution in [2.45, 2.75) is 0 Å². The average Bonchev–Trinajstić information content (AvgIpc) is 3.42. The fourth-order valence-corrected chi connectivity index (χ4v) is 5.99. The van der Waals surface area contributed by atoms with Crippen molar-refractivity contribution in [3.8, 4) is 22.3 Å². The first-order chi connectivity index (χ1) is 20.8. The number of para-hydroxylation sites is 2. The quantitative estimate of drug-likeness (QED) is 0.217. The molecule has 0 fully saturated rings. The fraction of sp³-hybridized carbons (Fsp3) is 0. The molecule has 0 atom stereocenters. The molecule has 0 saturated heterocycles. The van der Waals surface area contributed by atoms with Gasteiger partial charge >= 0.3 is 0 Å². The molecular weight excluding hydrogens is 510 g/mol. The molecule has 0 unspecified atom stereocenters. The van der Waals surface area contributed by atoms with Crippen molar-refractivity contribution >= 4 is 49.8 Å². The largest absolute Gasteiger partial charge is 0.456 e. The third-order valence-electron chi connectivity index (χ3n) is 8.04. The van der Waals surface area contributed by atoms with Crippen molar-refractivity contribution in [3.05, 3.63) is 164 Å². The van der Waals surface area contributed by atoms with Gasteiger partial charge in [0.25, 0.3) is 0 Å². The van der Waals surface area contributed by atoms with Gasteiger partial charge in [0.1, 0.15) is 11.2 Å². The van der Waals surface area contributed by atoms with E-state index in [9.17, 15) is 0 Å². The van der Waals surface area contributed by atoms with Gasteiger partial charge in [0, 0.05) is 27.7 Å². The zero-order chi connectivity index (χ0) is 27.9. The lowest BCUT2D eigenvalue weighted by atomic mass is 10.00. The van der Waals surface area contributed by atoms with Gasteiger partial charge in [-0.2, -0.15) is 0 Å². The second kappa shape index (κ2) is 10.1. The highest BCUT2D eigenvalue weighted by molar-refractivity contribution is 6.10. The van der Waals surface area contributed by atoms with Crippen molar-refractivity contribution in [3.63, 3.8) is 0 Å². The molecule has 0 N–H and O–H groups in total. The van der Waals surface area contributed by atoms with E-state index >= 15 is 0 Å². The van der Waals surface area contributed by atoms with Crippen LogP contribution >= 0.6 is 0 Å².